The fraction of sp³-hybridized carbons (Fsp3) is 0.889. The zero-order valence-electron chi connectivity index (χ0n) is 7.72. The molecule has 0 radical (unpaired) electrons. The molecule has 0 aromatic rings. The Bertz CT molecular complexity index is 112. The Morgan fingerprint density at radius 3 is 2.64 bits per heavy atom. The summed E-state index contributed by atoms with van der Waals surface area (Å²) < 4.78 is 0. The highest BCUT2D eigenvalue weighted by Gasteiger charge is 2.05. The number of ketones is 1. The van der Waals surface area contributed by atoms with Gasteiger partial charge in [-0.05, 0) is 31.3 Å². The Kier molecular flexibility index (Phi) is 6.73. The molecule has 0 aliphatic carbocycles. The molecular formula is C9H18OS. The maximum absolute atomic E-state index is 10.8. The third kappa shape index (κ3) is 6.42. The van der Waals surface area contributed by atoms with Gasteiger partial charge < -0.3 is 0 Å². The maximum atomic E-state index is 10.8. The average molecular weight is 174 g/mol. The molecule has 0 rings (SSSR count). The molecule has 2 heteroatoms. The van der Waals surface area contributed by atoms with Gasteiger partial charge in [0.15, 0.2) is 0 Å². The molecule has 0 amide bonds. The quantitative estimate of drug-likeness (QED) is 0.576. The molecule has 1 atom stereocenters. The van der Waals surface area contributed by atoms with Crippen molar-refractivity contribution in [3.8, 4) is 0 Å². The van der Waals surface area contributed by atoms with Crippen LogP contribution in [-0.2, 0) is 4.79 Å². The van der Waals surface area contributed by atoms with Crippen LogP contribution in [0.4, 0.5) is 0 Å². The third-order valence-corrected chi connectivity index (χ3v) is 2.81. The van der Waals surface area contributed by atoms with Crippen molar-refractivity contribution >= 4 is 17.5 Å². The van der Waals surface area contributed by atoms with Crippen molar-refractivity contribution in [1.82, 2.24) is 0 Å². The zero-order valence-corrected chi connectivity index (χ0v) is 8.54. The monoisotopic (exact) mass is 174 g/mol. The van der Waals surface area contributed by atoms with Crippen LogP contribution in [0.15, 0.2) is 0 Å². The van der Waals surface area contributed by atoms with Crippen LogP contribution in [0, 0.1) is 5.92 Å². The van der Waals surface area contributed by atoms with Crippen molar-refractivity contribution < 1.29 is 4.79 Å². The number of thioether (sulfide) groups is 1. The smallest absolute Gasteiger partial charge is 0.132 e. The molecule has 1 unspecified atom stereocenters. The highest BCUT2D eigenvalue weighted by Crippen LogP contribution is 2.10. The number of Topliss-reactive ketones (excluding diaryl/α,β-unsaturated/α-hetero) is 1. The van der Waals surface area contributed by atoms with Gasteiger partial charge in [-0.25, -0.2) is 0 Å². The van der Waals surface area contributed by atoms with Crippen LogP contribution in [0.5, 0.6) is 0 Å². The molecule has 0 heterocycles. The first-order chi connectivity index (χ1) is 5.18. The summed E-state index contributed by atoms with van der Waals surface area (Å²) in [5, 5.41) is 0. The second-order valence-electron chi connectivity index (χ2n) is 2.85. The molecule has 0 bridgehead atoms. The van der Waals surface area contributed by atoms with Gasteiger partial charge in [0, 0.05) is 5.92 Å². The Hall–Kier alpha value is 0.0200. The highest BCUT2D eigenvalue weighted by molar-refractivity contribution is 7.99. The van der Waals surface area contributed by atoms with Crippen LogP contribution >= 0.6 is 11.8 Å². The van der Waals surface area contributed by atoms with E-state index in [-0.39, 0.29) is 5.92 Å². The summed E-state index contributed by atoms with van der Waals surface area (Å²) in [4.78, 5) is 10.8. The number of rotatable bonds is 6. The molecule has 1 nitrogen and oxygen atoms in total. The van der Waals surface area contributed by atoms with Gasteiger partial charge in [0.05, 0.1) is 0 Å². The Labute approximate surface area is 73.9 Å². The Balaban J connectivity index is 3.17. The van der Waals surface area contributed by atoms with E-state index in [1.807, 2.05) is 18.7 Å². The molecule has 0 fully saturated rings. The summed E-state index contributed by atoms with van der Waals surface area (Å²) >= 11 is 1.95. The number of hydrogen-bond donors (Lipinski definition) is 0. The minimum Gasteiger partial charge on any atom is -0.300 e. The summed E-state index contributed by atoms with van der Waals surface area (Å²) in [5.41, 5.74) is 0. The first-order valence-corrected chi connectivity index (χ1v) is 5.42. The van der Waals surface area contributed by atoms with Crippen molar-refractivity contribution in [2.45, 2.75) is 33.6 Å². The lowest BCUT2D eigenvalue weighted by atomic mass is 10.0. The van der Waals surface area contributed by atoms with E-state index >= 15 is 0 Å². The van der Waals surface area contributed by atoms with Crippen molar-refractivity contribution in [2.75, 3.05) is 11.5 Å². The molecule has 0 saturated carbocycles. The minimum absolute atomic E-state index is 0.271. The van der Waals surface area contributed by atoms with Crippen LogP contribution in [0.2, 0.25) is 0 Å². The van der Waals surface area contributed by atoms with Gasteiger partial charge in [0.1, 0.15) is 5.78 Å². The number of hydrogen-bond acceptors (Lipinski definition) is 2. The summed E-state index contributed by atoms with van der Waals surface area (Å²) in [5.74, 6) is 2.99. The molecule has 0 saturated heterocycles. The fourth-order valence-electron chi connectivity index (χ4n) is 0.839. The van der Waals surface area contributed by atoms with E-state index in [1.165, 1.54) is 17.9 Å². The minimum atomic E-state index is 0.271. The van der Waals surface area contributed by atoms with Crippen LogP contribution < -0.4 is 0 Å². The lowest BCUT2D eigenvalue weighted by Gasteiger charge is -2.05. The van der Waals surface area contributed by atoms with E-state index in [9.17, 15) is 4.79 Å². The van der Waals surface area contributed by atoms with E-state index in [2.05, 4.69) is 6.92 Å². The van der Waals surface area contributed by atoms with Crippen molar-refractivity contribution in [3.63, 3.8) is 0 Å². The van der Waals surface area contributed by atoms with Gasteiger partial charge in [0.2, 0.25) is 0 Å². The van der Waals surface area contributed by atoms with Crippen molar-refractivity contribution in [2.24, 2.45) is 5.92 Å². The zero-order chi connectivity index (χ0) is 8.69. The van der Waals surface area contributed by atoms with Gasteiger partial charge in [-0.2, -0.15) is 11.8 Å². The molecule has 0 N–H and O–H groups in total. The molecular weight excluding hydrogens is 156 g/mol. The lowest BCUT2D eigenvalue weighted by Crippen LogP contribution is -2.06. The molecule has 0 aromatic heterocycles. The Morgan fingerprint density at radius 1 is 1.55 bits per heavy atom. The predicted octanol–water partition coefficient (Wildman–Crippen LogP) is 2.74. The van der Waals surface area contributed by atoms with Crippen molar-refractivity contribution in [3.05, 3.63) is 0 Å². The van der Waals surface area contributed by atoms with Crippen LogP contribution in [0.25, 0.3) is 0 Å². The normalized spacial score (nSPS) is 13.0. The first-order valence-electron chi connectivity index (χ1n) is 4.26. The van der Waals surface area contributed by atoms with Crippen LogP contribution in [-0.4, -0.2) is 17.3 Å². The molecule has 0 aliphatic heterocycles. The number of carbonyl (C=O) groups excluding carboxylic acids is 1. The van der Waals surface area contributed by atoms with E-state index in [0.717, 1.165) is 6.42 Å². The molecule has 0 spiro atoms. The van der Waals surface area contributed by atoms with Gasteiger partial charge in [0.25, 0.3) is 0 Å². The SMILES string of the molecule is CCSCCCC(C)C(C)=O. The topological polar surface area (TPSA) is 17.1 Å². The molecule has 11 heavy (non-hydrogen) atoms. The van der Waals surface area contributed by atoms with E-state index in [4.69, 9.17) is 0 Å². The average Bonchev–Trinajstić information content (AvgIpc) is 1.97. The standard InChI is InChI=1S/C9H18OS/c1-4-11-7-5-6-8(2)9(3)10/h8H,4-7H2,1-3H3. The largest absolute Gasteiger partial charge is 0.300 e. The molecule has 0 aromatic carbocycles. The van der Waals surface area contributed by atoms with E-state index in [1.54, 1.807) is 6.92 Å². The molecule has 66 valence electrons. The second kappa shape index (κ2) is 6.71. The maximum Gasteiger partial charge on any atom is 0.132 e. The third-order valence-electron chi connectivity index (χ3n) is 1.82. The lowest BCUT2D eigenvalue weighted by molar-refractivity contribution is -0.120. The van der Waals surface area contributed by atoms with Gasteiger partial charge in [-0.3, -0.25) is 4.79 Å². The van der Waals surface area contributed by atoms with Crippen LogP contribution in [0.1, 0.15) is 33.6 Å². The van der Waals surface area contributed by atoms with Crippen molar-refractivity contribution in [1.29, 1.82) is 0 Å². The summed E-state index contributed by atoms with van der Waals surface area (Å²) in [6.45, 7) is 5.86. The first kappa shape index (κ1) is 11.0. The predicted molar refractivity (Wildman–Crippen MR) is 52.1 cm³/mol. The molecule has 0 aliphatic rings. The number of carbonyl (C=O) groups is 1. The van der Waals surface area contributed by atoms with E-state index in [0.29, 0.717) is 5.78 Å². The van der Waals surface area contributed by atoms with E-state index < -0.39 is 0 Å². The summed E-state index contributed by atoms with van der Waals surface area (Å²) in [6, 6.07) is 0. The van der Waals surface area contributed by atoms with Gasteiger partial charge in [-0.1, -0.05) is 13.8 Å². The summed E-state index contributed by atoms with van der Waals surface area (Å²) in [7, 11) is 0. The highest BCUT2D eigenvalue weighted by atomic mass is 32.2. The van der Waals surface area contributed by atoms with Gasteiger partial charge in [-0.15, -0.1) is 0 Å². The Morgan fingerprint density at radius 2 is 2.18 bits per heavy atom. The van der Waals surface area contributed by atoms with Gasteiger partial charge >= 0.3 is 0 Å². The van der Waals surface area contributed by atoms with Crippen LogP contribution in [0.3, 0.4) is 0 Å². The summed E-state index contributed by atoms with van der Waals surface area (Å²) in [6.07, 6.45) is 2.24. The fourth-order valence-corrected chi connectivity index (χ4v) is 1.50. The second-order valence-corrected chi connectivity index (χ2v) is 4.24.